The Kier molecular flexibility index (Phi) is 2.44. The lowest BCUT2D eigenvalue weighted by atomic mass is 9.84. The Morgan fingerprint density at radius 1 is 1.43 bits per heavy atom. The second-order valence-electron chi connectivity index (χ2n) is 4.17. The van der Waals surface area contributed by atoms with E-state index < -0.39 is 0 Å². The lowest BCUT2D eigenvalue weighted by Crippen LogP contribution is -2.18. The van der Waals surface area contributed by atoms with Crippen molar-refractivity contribution < 1.29 is 9.13 Å². The second kappa shape index (κ2) is 3.60. The first-order valence-electron chi connectivity index (χ1n) is 5.10. The fourth-order valence-electron chi connectivity index (χ4n) is 2.08. The number of rotatable bonds is 1. The summed E-state index contributed by atoms with van der Waals surface area (Å²) < 4.78 is 18.4. The van der Waals surface area contributed by atoms with Gasteiger partial charge in [-0.25, -0.2) is 4.39 Å². The zero-order valence-corrected chi connectivity index (χ0v) is 8.59. The van der Waals surface area contributed by atoms with Crippen LogP contribution in [0.1, 0.15) is 31.7 Å². The van der Waals surface area contributed by atoms with E-state index in [2.05, 4.69) is 13.8 Å². The van der Waals surface area contributed by atoms with Crippen LogP contribution in [0.25, 0.3) is 0 Å². The van der Waals surface area contributed by atoms with Crippen molar-refractivity contribution in [3.63, 3.8) is 0 Å². The van der Waals surface area contributed by atoms with E-state index in [4.69, 9.17) is 4.74 Å². The van der Waals surface area contributed by atoms with Crippen LogP contribution in [-0.2, 0) is 0 Å². The fraction of sp³-hybridized carbons (Fsp3) is 0.500. The lowest BCUT2D eigenvalue weighted by molar-refractivity contribution is 0.246. The van der Waals surface area contributed by atoms with E-state index in [9.17, 15) is 4.39 Å². The maximum atomic E-state index is 12.9. The molecule has 0 saturated carbocycles. The topological polar surface area (TPSA) is 9.23 Å². The van der Waals surface area contributed by atoms with Crippen molar-refractivity contribution in [3.8, 4) is 5.75 Å². The zero-order valence-electron chi connectivity index (χ0n) is 8.59. The van der Waals surface area contributed by atoms with Crippen LogP contribution < -0.4 is 4.74 Å². The summed E-state index contributed by atoms with van der Waals surface area (Å²) in [5, 5.41) is 0. The van der Waals surface area contributed by atoms with Gasteiger partial charge in [-0.15, -0.1) is 0 Å². The van der Waals surface area contributed by atoms with Gasteiger partial charge in [0.1, 0.15) is 11.6 Å². The van der Waals surface area contributed by atoms with Gasteiger partial charge >= 0.3 is 0 Å². The number of fused-ring (bicyclic) bond motifs is 1. The fourth-order valence-corrected chi connectivity index (χ4v) is 2.08. The van der Waals surface area contributed by atoms with E-state index in [1.54, 1.807) is 0 Å². The molecule has 0 amide bonds. The minimum Gasteiger partial charge on any atom is -0.493 e. The molecule has 1 aliphatic heterocycles. The standard InChI is InChI=1S/C12H15FO/c1-8(2)10-5-6-14-12-7-9(13)3-4-11(10)12/h3-4,7-8,10H,5-6H2,1-2H3/t10-/m1/s1. The molecule has 1 aromatic carbocycles. The van der Waals surface area contributed by atoms with Gasteiger partial charge in [0.25, 0.3) is 0 Å². The second-order valence-corrected chi connectivity index (χ2v) is 4.17. The molecule has 2 heteroatoms. The van der Waals surface area contributed by atoms with Crippen LogP contribution in [0.3, 0.4) is 0 Å². The van der Waals surface area contributed by atoms with Crippen molar-refractivity contribution in [1.29, 1.82) is 0 Å². The van der Waals surface area contributed by atoms with Gasteiger partial charge in [-0.2, -0.15) is 0 Å². The highest BCUT2D eigenvalue weighted by Crippen LogP contribution is 2.38. The normalized spacial score (nSPS) is 20.4. The minimum absolute atomic E-state index is 0.215. The summed E-state index contributed by atoms with van der Waals surface area (Å²) in [5.74, 6) is 1.62. The molecular formula is C12H15FO. The monoisotopic (exact) mass is 194 g/mol. The molecule has 1 atom stereocenters. The maximum absolute atomic E-state index is 12.9. The molecule has 1 aromatic rings. The average Bonchev–Trinajstić information content (AvgIpc) is 2.16. The van der Waals surface area contributed by atoms with Gasteiger partial charge in [-0.05, 0) is 29.9 Å². The van der Waals surface area contributed by atoms with Crippen LogP contribution in [0.2, 0.25) is 0 Å². The molecule has 76 valence electrons. The molecule has 0 spiro atoms. The molecule has 1 heterocycles. The highest BCUT2D eigenvalue weighted by Gasteiger charge is 2.24. The van der Waals surface area contributed by atoms with E-state index in [1.165, 1.54) is 12.1 Å². The largest absolute Gasteiger partial charge is 0.493 e. The quantitative estimate of drug-likeness (QED) is 0.666. The van der Waals surface area contributed by atoms with E-state index >= 15 is 0 Å². The Balaban J connectivity index is 2.40. The Morgan fingerprint density at radius 3 is 2.93 bits per heavy atom. The number of hydrogen-bond acceptors (Lipinski definition) is 1. The van der Waals surface area contributed by atoms with Gasteiger partial charge in [-0.1, -0.05) is 19.9 Å². The van der Waals surface area contributed by atoms with E-state index in [1.807, 2.05) is 6.07 Å². The van der Waals surface area contributed by atoms with Crippen LogP contribution in [-0.4, -0.2) is 6.61 Å². The first-order valence-corrected chi connectivity index (χ1v) is 5.10. The van der Waals surface area contributed by atoms with Crippen LogP contribution in [0.4, 0.5) is 4.39 Å². The molecule has 0 aliphatic carbocycles. The maximum Gasteiger partial charge on any atom is 0.126 e. The van der Waals surface area contributed by atoms with Crippen molar-refractivity contribution >= 4 is 0 Å². The van der Waals surface area contributed by atoms with Gasteiger partial charge in [-0.3, -0.25) is 0 Å². The van der Waals surface area contributed by atoms with E-state index in [0.717, 1.165) is 17.7 Å². The SMILES string of the molecule is CC(C)[C@H]1CCOc2cc(F)ccc21. The van der Waals surface area contributed by atoms with Crippen LogP contribution in [0, 0.1) is 11.7 Å². The summed E-state index contributed by atoms with van der Waals surface area (Å²) in [4.78, 5) is 0. The molecule has 0 saturated heterocycles. The molecule has 0 bridgehead atoms. The zero-order chi connectivity index (χ0) is 10.1. The van der Waals surface area contributed by atoms with Crippen molar-refractivity contribution in [2.75, 3.05) is 6.61 Å². The molecule has 0 radical (unpaired) electrons. The third kappa shape index (κ3) is 1.61. The van der Waals surface area contributed by atoms with E-state index in [0.29, 0.717) is 18.4 Å². The summed E-state index contributed by atoms with van der Waals surface area (Å²) in [5.41, 5.74) is 1.16. The first-order chi connectivity index (χ1) is 6.68. The van der Waals surface area contributed by atoms with Crippen LogP contribution in [0.15, 0.2) is 18.2 Å². The first kappa shape index (κ1) is 9.50. The summed E-state index contributed by atoms with van der Waals surface area (Å²) in [7, 11) is 0. The van der Waals surface area contributed by atoms with Gasteiger partial charge < -0.3 is 4.74 Å². The van der Waals surface area contributed by atoms with Crippen LogP contribution >= 0.6 is 0 Å². The van der Waals surface area contributed by atoms with Crippen molar-refractivity contribution in [3.05, 3.63) is 29.6 Å². The lowest BCUT2D eigenvalue weighted by Gasteiger charge is -2.28. The highest BCUT2D eigenvalue weighted by atomic mass is 19.1. The van der Waals surface area contributed by atoms with Crippen molar-refractivity contribution in [2.45, 2.75) is 26.2 Å². The summed E-state index contributed by atoms with van der Waals surface area (Å²) in [6, 6.07) is 4.86. The summed E-state index contributed by atoms with van der Waals surface area (Å²) >= 11 is 0. The summed E-state index contributed by atoms with van der Waals surface area (Å²) in [6.45, 7) is 5.10. The molecule has 1 nitrogen and oxygen atoms in total. The molecular weight excluding hydrogens is 179 g/mol. The van der Waals surface area contributed by atoms with Crippen molar-refractivity contribution in [1.82, 2.24) is 0 Å². The molecule has 0 unspecified atom stereocenters. The predicted octanol–water partition coefficient (Wildman–Crippen LogP) is 3.35. The number of ether oxygens (including phenoxy) is 1. The number of benzene rings is 1. The van der Waals surface area contributed by atoms with Crippen LogP contribution in [0.5, 0.6) is 5.75 Å². The third-order valence-electron chi connectivity index (χ3n) is 2.87. The Bertz CT molecular complexity index is 333. The minimum atomic E-state index is -0.215. The van der Waals surface area contributed by atoms with Gasteiger partial charge in [0.15, 0.2) is 0 Å². The molecule has 0 aromatic heterocycles. The highest BCUT2D eigenvalue weighted by molar-refractivity contribution is 5.38. The molecule has 2 rings (SSSR count). The van der Waals surface area contributed by atoms with Gasteiger partial charge in [0.05, 0.1) is 6.61 Å². The van der Waals surface area contributed by atoms with Gasteiger partial charge in [0.2, 0.25) is 0 Å². The molecule has 0 N–H and O–H groups in total. The van der Waals surface area contributed by atoms with E-state index in [-0.39, 0.29) is 5.82 Å². The summed E-state index contributed by atoms with van der Waals surface area (Å²) in [6.07, 6.45) is 1.04. The predicted molar refractivity (Wildman–Crippen MR) is 54.1 cm³/mol. The number of halogens is 1. The average molecular weight is 194 g/mol. The Hall–Kier alpha value is -1.05. The van der Waals surface area contributed by atoms with Gasteiger partial charge in [0, 0.05) is 6.07 Å². The Morgan fingerprint density at radius 2 is 2.21 bits per heavy atom. The molecule has 14 heavy (non-hydrogen) atoms. The molecule has 0 fully saturated rings. The molecule has 1 aliphatic rings. The van der Waals surface area contributed by atoms with Crippen molar-refractivity contribution in [2.24, 2.45) is 5.92 Å². The Labute approximate surface area is 83.9 Å². The third-order valence-corrected chi connectivity index (χ3v) is 2.87. The smallest absolute Gasteiger partial charge is 0.126 e. The number of hydrogen-bond donors (Lipinski definition) is 0.